The largest absolute Gasteiger partial charge is 0.493 e. The van der Waals surface area contributed by atoms with Gasteiger partial charge in [-0.25, -0.2) is 0 Å². The van der Waals surface area contributed by atoms with Crippen molar-refractivity contribution in [3.63, 3.8) is 0 Å². The molecule has 3 rings (SSSR count). The zero-order valence-electron chi connectivity index (χ0n) is 20.2. The summed E-state index contributed by atoms with van der Waals surface area (Å²) in [6, 6.07) is 15.7. The molecule has 3 aromatic carbocycles. The Morgan fingerprint density at radius 1 is 0.917 bits per heavy atom. The molecule has 0 bridgehead atoms. The summed E-state index contributed by atoms with van der Waals surface area (Å²) in [6.07, 6.45) is 1.35. The van der Waals surface area contributed by atoms with E-state index in [1.54, 1.807) is 18.2 Å². The van der Waals surface area contributed by atoms with E-state index >= 15 is 0 Å². The number of hydrogen-bond acceptors (Lipinski definition) is 7. The number of nitro groups is 1. The lowest BCUT2D eigenvalue weighted by molar-refractivity contribution is -0.384. The van der Waals surface area contributed by atoms with Gasteiger partial charge in [-0.1, -0.05) is 29.8 Å². The van der Waals surface area contributed by atoms with E-state index in [0.29, 0.717) is 17.0 Å². The van der Waals surface area contributed by atoms with Gasteiger partial charge in [0.05, 0.1) is 26.3 Å². The molecule has 0 aliphatic heterocycles. The van der Waals surface area contributed by atoms with Crippen LogP contribution in [0.25, 0.3) is 6.08 Å². The molecule has 0 unspecified atom stereocenters. The highest BCUT2D eigenvalue weighted by Crippen LogP contribution is 2.38. The molecule has 0 heterocycles. The highest BCUT2D eigenvalue weighted by molar-refractivity contribution is 6.10. The Balaban J connectivity index is 1.99. The minimum absolute atomic E-state index is 0.130. The number of methoxy groups -OCH3 is 3. The van der Waals surface area contributed by atoms with Crippen molar-refractivity contribution in [3.05, 3.63) is 93.2 Å². The summed E-state index contributed by atoms with van der Waals surface area (Å²) >= 11 is 0. The normalized spacial score (nSPS) is 10.8. The zero-order chi connectivity index (χ0) is 26.2. The number of amides is 2. The lowest BCUT2D eigenvalue weighted by Crippen LogP contribution is -2.30. The van der Waals surface area contributed by atoms with Crippen molar-refractivity contribution >= 4 is 29.3 Å². The van der Waals surface area contributed by atoms with Crippen LogP contribution in [-0.4, -0.2) is 38.1 Å². The SMILES string of the molecule is COc1cc(C(=O)NC(=Cc2cccc([N+](=O)[O-])c2)C(=O)Nc2ccc(C)cc2)cc(OC)c1OC. The Morgan fingerprint density at radius 2 is 1.56 bits per heavy atom. The van der Waals surface area contributed by atoms with Crippen molar-refractivity contribution in [3.8, 4) is 17.2 Å². The van der Waals surface area contributed by atoms with Gasteiger partial charge >= 0.3 is 0 Å². The summed E-state index contributed by atoms with van der Waals surface area (Å²) in [6.45, 7) is 1.91. The minimum Gasteiger partial charge on any atom is -0.493 e. The number of rotatable bonds is 9. The Morgan fingerprint density at radius 3 is 2.11 bits per heavy atom. The molecule has 3 aromatic rings. The number of ether oxygens (including phenoxy) is 3. The molecule has 186 valence electrons. The highest BCUT2D eigenvalue weighted by atomic mass is 16.6. The average Bonchev–Trinajstić information content (AvgIpc) is 2.88. The molecule has 0 saturated carbocycles. The number of benzene rings is 3. The summed E-state index contributed by atoms with van der Waals surface area (Å²) in [5, 5.41) is 16.5. The van der Waals surface area contributed by atoms with E-state index in [1.165, 1.54) is 57.7 Å². The lowest BCUT2D eigenvalue weighted by Gasteiger charge is -2.15. The van der Waals surface area contributed by atoms with E-state index in [-0.39, 0.29) is 28.4 Å². The zero-order valence-corrected chi connectivity index (χ0v) is 20.2. The number of anilines is 1. The Labute approximate surface area is 207 Å². The standard InChI is InChI=1S/C26H25N3O7/c1-16-8-10-19(11-9-16)27-26(31)21(13-17-6-5-7-20(12-17)29(32)33)28-25(30)18-14-22(34-2)24(36-4)23(15-18)35-3/h5-15H,1-4H3,(H,27,31)(H,28,30). The van der Waals surface area contributed by atoms with Gasteiger partial charge in [-0.05, 0) is 42.8 Å². The van der Waals surface area contributed by atoms with Crippen molar-refractivity contribution in [2.24, 2.45) is 0 Å². The molecule has 0 aromatic heterocycles. The topological polar surface area (TPSA) is 129 Å². The van der Waals surface area contributed by atoms with Gasteiger partial charge in [0.15, 0.2) is 11.5 Å². The third-order valence-electron chi connectivity index (χ3n) is 5.12. The number of carbonyl (C=O) groups excluding carboxylic acids is 2. The molecule has 0 saturated heterocycles. The van der Waals surface area contributed by atoms with Crippen LogP contribution in [0.3, 0.4) is 0 Å². The number of non-ortho nitro benzene ring substituents is 1. The summed E-state index contributed by atoms with van der Waals surface area (Å²) < 4.78 is 15.9. The highest BCUT2D eigenvalue weighted by Gasteiger charge is 2.20. The number of nitrogens with one attached hydrogen (secondary N) is 2. The first-order valence-corrected chi connectivity index (χ1v) is 10.7. The summed E-state index contributed by atoms with van der Waals surface area (Å²) in [7, 11) is 4.28. The smallest absolute Gasteiger partial charge is 0.272 e. The summed E-state index contributed by atoms with van der Waals surface area (Å²) in [5.74, 6) is -0.428. The number of nitro benzene ring substituents is 1. The summed E-state index contributed by atoms with van der Waals surface area (Å²) in [5.41, 5.74) is 1.72. The van der Waals surface area contributed by atoms with Crippen LogP contribution in [0.4, 0.5) is 11.4 Å². The second kappa shape index (κ2) is 11.5. The number of hydrogen-bond donors (Lipinski definition) is 2. The molecular weight excluding hydrogens is 466 g/mol. The van der Waals surface area contributed by atoms with Crippen LogP contribution in [0.5, 0.6) is 17.2 Å². The molecule has 0 fully saturated rings. The van der Waals surface area contributed by atoms with Crippen LogP contribution in [0.15, 0.2) is 66.4 Å². The van der Waals surface area contributed by atoms with Gasteiger partial charge in [-0.2, -0.15) is 0 Å². The maximum atomic E-state index is 13.2. The van der Waals surface area contributed by atoms with Crippen molar-refractivity contribution < 1.29 is 28.7 Å². The fourth-order valence-corrected chi connectivity index (χ4v) is 3.30. The van der Waals surface area contributed by atoms with E-state index in [4.69, 9.17) is 14.2 Å². The maximum absolute atomic E-state index is 13.2. The van der Waals surface area contributed by atoms with E-state index in [2.05, 4.69) is 10.6 Å². The molecular formula is C26H25N3O7. The van der Waals surface area contributed by atoms with Crippen LogP contribution in [0.2, 0.25) is 0 Å². The molecule has 2 amide bonds. The van der Waals surface area contributed by atoms with E-state index in [9.17, 15) is 19.7 Å². The third-order valence-corrected chi connectivity index (χ3v) is 5.12. The van der Waals surface area contributed by atoms with E-state index in [0.717, 1.165) is 5.56 Å². The number of nitrogens with zero attached hydrogens (tertiary/aromatic N) is 1. The molecule has 36 heavy (non-hydrogen) atoms. The van der Waals surface area contributed by atoms with Gasteiger partial charge in [0.1, 0.15) is 5.70 Å². The molecule has 2 N–H and O–H groups in total. The fraction of sp³-hybridized carbons (Fsp3) is 0.154. The van der Waals surface area contributed by atoms with Crippen LogP contribution in [-0.2, 0) is 4.79 Å². The van der Waals surface area contributed by atoms with Gasteiger partial charge in [0.25, 0.3) is 17.5 Å². The van der Waals surface area contributed by atoms with Gasteiger partial charge < -0.3 is 24.8 Å². The molecule has 0 atom stereocenters. The van der Waals surface area contributed by atoms with Gasteiger partial charge in [-0.15, -0.1) is 0 Å². The quantitative estimate of drug-likeness (QED) is 0.259. The first-order valence-electron chi connectivity index (χ1n) is 10.7. The van der Waals surface area contributed by atoms with Crippen LogP contribution in [0.1, 0.15) is 21.5 Å². The van der Waals surface area contributed by atoms with Crippen molar-refractivity contribution in [1.29, 1.82) is 0 Å². The molecule has 0 aliphatic rings. The third kappa shape index (κ3) is 6.17. The predicted octanol–water partition coefficient (Wildman–Crippen LogP) is 4.34. The summed E-state index contributed by atoms with van der Waals surface area (Å²) in [4.78, 5) is 36.9. The Kier molecular flexibility index (Phi) is 8.24. The lowest BCUT2D eigenvalue weighted by atomic mass is 10.1. The first-order chi connectivity index (χ1) is 17.2. The monoisotopic (exact) mass is 491 g/mol. The molecule has 10 nitrogen and oxygen atoms in total. The fourth-order valence-electron chi connectivity index (χ4n) is 3.30. The molecule has 0 aliphatic carbocycles. The van der Waals surface area contributed by atoms with Crippen molar-refractivity contribution in [2.75, 3.05) is 26.6 Å². The van der Waals surface area contributed by atoms with Crippen molar-refractivity contribution in [2.45, 2.75) is 6.92 Å². The van der Waals surface area contributed by atoms with Crippen molar-refractivity contribution in [1.82, 2.24) is 5.32 Å². The second-order valence-electron chi connectivity index (χ2n) is 7.60. The molecule has 10 heteroatoms. The molecule has 0 spiro atoms. The van der Waals surface area contributed by atoms with Crippen LogP contribution in [0, 0.1) is 17.0 Å². The predicted molar refractivity (Wildman–Crippen MR) is 134 cm³/mol. The minimum atomic E-state index is -0.634. The average molecular weight is 492 g/mol. The Bertz CT molecular complexity index is 1290. The number of aryl methyl sites for hydroxylation is 1. The van der Waals surface area contributed by atoms with Gasteiger partial charge in [0.2, 0.25) is 5.75 Å². The van der Waals surface area contributed by atoms with Gasteiger partial charge in [0, 0.05) is 23.4 Å². The van der Waals surface area contributed by atoms with Crippen LogP contribution < -0.4 is 24.8 Å². The van der Waals surface area contributed by atoms with Gasteiger partial charge in [-0.3, -0.25) is 19.7 Å². The first kappa shape index (κ1) is 25.8. The Hall–Kier alpha value is -4.86. The van der Waals surface area contributed by atoms with E-state index in [1.807, 2.05) is 19.1 Å². The maximum Gasteiger partial charge on any atom is 0.272 e. The van der Waals surface area contributed by atoms with Crippen LogP contribution >= 0.6 is 0 Å². The molecule has 0 radical (unpaired) electrons. The number of carbonyl (C=O) groups is 2. The van der Waals surface area contributed by atoms with E-state index < -0.39 is 16.7 Å². The second-order valence-corrected chi connectivity index (χ2v) is 7.60.